The first-order chi connectivity index (χ1) is 9.61. The van der Waals surface area contributed by atoms with Crippen LogP contribution in [0, 0.1) is 12.8 Å². The van der Waals surface area contributed by atoms with Crippen molar-refractivity contribution in [2.24, 2.45) is 5.92 Å². The molecule has 0 aliphatic carbocycles. The fourth-order valence-electron chi connectivity index (χ4n) is 2.28. The molecule has 2 N–H and O–H groups in total. The maximum absolute atomic E-state index is 11.1. The number of hydrogen-bond acceptors (Lipinski definition) is 3. The molecule has 0 saturated carbocycles. The molecule has 0 spiro atoms. The number of para-hydroxylation sites is 1. The van der Waals surface area contributed by atoms with E-state index in [1.54, 1.807) is 0 Å². The molecule has 0 radical (unpaired) electrons. The van der Waals surface area contributed by atoms with E-state index in [-0.39, 0.29) is 5.92 Å². The summed E-state index contributed by atoms with van der Waals surface area (Å²) in [6, 6.07) is 9.99. The maximum atomic E-state index is 11.1. The Bertz CT molecular complexity index is 610. The summed E-state index contributed by atoms with van der Waals surface area (Å²) in [5.41, 5.74) is 1.95. The molecular weight excluding hydrogens is 252 g/mol. The lowest BCUT2D eigenvalue weighted by molar-refractivity contribution is -0.141. The highest BCUT2D eigenvalue weighted by molar-refractivity contribution is 5.81. The Labute approximate surface area is 118 Å². The third-order valence-corrected chi connectivity index (χ3v) is 3.42. The van der Waals surface area contributed by atoms with Crippen LogP contribution in [0.5, 0.6) is 0 Å². The van der Waals surface area contributed by atoms with Gasteiger partial charge in [-0.05, 0) is 31.0 Å². The van der Waals surface area contributed by atoms with Crippen LogP contribution in [0.2, 0.25) is 0 Å². The summed E-state index contributed by atoms with van der Waals surface area (Å²) in [5.74, 6) is -0.350. The van der Waals surface area contributed by atoms with Crippen LogP contribution in [0.1, 0.15) is 25.3 Å². The summed E-state index contributed by atoms with van der Waals surface area (Å²) < 4.78 is 0. The zero-order valence-corrected chi connectivity index (χ0v) is 11.9. The van der Waals surface area contributed by atoms with Crippen LogP contribution in [0.15, 0.2) is 30.3 Å². The molecule has 1 aromatic heterocycles. The molecule has 106 valence electrons. The van der Waals surface area contributed by atoms with Gasteiger partial charge >= 0.3 is 5.97 Å². The lowest BCUT2D eigenvalue weighted by Gasteiger charge is -2.14. The predicted octanol–water partition coefficient (Wildman–Crippen LogP) is 3.46. The zero-order valence-electron chi connectivity index (χ0n) is 11.9. The van der Waals surface area contributed by atoms with Crippen LogP contribution in [-0.2, 0) is 4.79 Å². The van der Waals surface area contributed by atoms with Gasteiger partial charge in [0, 0.05) is 11.9 Å². The second-order valence-corrected chi connectivity index (χ2v) is 5.05. The number of aliphatic carboxylic acids is 1. The lowest BCUT2D eigenvalue weighted by Crippen LogP contribution is -2.23. The van der Waals surface area contributed by atoms with E-state index in [2.05, 4.69) is 16.4 Å². The number of pyridine rings is 1. The molecule has 1 heterocycles. The highest BCUT2D eigenvalue weighted by atomic mass is 16.4. The van der Waals surface area contributed by atoms with Crippen molar-refractivity contribution in [3.05, 3.63) is 35.9 Å². The standard InChI is InChI=1S/C16H20N2O2/c1-3-6-13(16(19)20)10-17-15-11(2)9-12-7-4-5-8-14(12)18-15/h4-5,7-9,13H,3,6,10H2,1-2H3,(H,17,18)(H,19,20). The molecule has 0 saturated heterocycles. The molecule has 0 bridgehead atoms. The van der Waals surface area contributed by atoms with Gasteiger partial charge in [-0.15, -0.1) is 0 Å². The number of carboxylic acid groups (broad SMARTS) is 1. The molecule has 4 nitrogen and oxygen atoms in total. The largest absolute Gasteiger partial charge is 0.481 e. The molecule has 1 unspecified atom stereocenters. The van der Waals surface area contributed by atoms with Crippen LogP contribution in [0.3, 0.4) is 0 Å². The minimum absolute atomic E-state index is 0.368. The number of carbonyl (C=O) groups is 1. The van der Waals surface area contributed by atoms with Crippen LogP contribution in [-0.4, -0.2) is 22.6 Å². The molecule has 4 heteroatoms. The van der Waals surface area contributed by atoms with E-state index >= 15 is 0 Å². The molecule has 2 aromatic rings. The molecule has 0 amide bonds. The van der Waals surface area contributed by atoms with E-state index in [1.165, 1.54) is 0 Å². The van der Waals surface area contributed by atoms with Crippen molar-refractivity contribution in [3.63, 3.8) is 0 Å². The normalized spacial score (nSPS) is 12.3. The average Bonchev–Trinajstić information content (AvgIpc) is 2.43. The van der Waals surface area contributed by atoms with Gasteiger partial charge in [0.15, 0.2) is 0 Å². The molecule has 20 heavy (non-hydrogen) atoms. The molecule has 0 aliphatic heterocycles. The number of aryl methyl sites for hydroxylation is 1. The van der Waals surface area contributed by atoms with Crippen molar-refractivity contribution < 1.29 is 9.90 Å². The van der Waals surface area contributed by atoms with Gasteiger partial charge in [-0.2, -0.15) is 0 Å². The monoisotopic (exact) mass is 272 g/mol. The van der Waals surface area contributed by atoms with E-state index in [9.17, 15) is 4.79 Å². The van der Waals surface area contributed by atoms with Gasteiger partial charge in [-0.3, -0.25) is 4.79 Å². The summed E-state index contributed by atoms with van der Waals surface area (Å²) in [4.78, 5) is 15.7. The fraction of sp³-hybridized carbons (Fsp3) is 0.375. The van der Waals surface area contributed by atoms with E-state index in [0.29, 0.717) is 13.0 Å². The second kappa shape index (κ2) is 6.37. The van der Waals surface area contributed by atoms with E-state index < -0.39 is 5.97 Å². The number of fused-ring (bicyclic) bond motifs is 1. The average molecular weight is 272 g/mol. The molecule has 1 aromatic carbocycles. The van der Waals surface area contributed by atoms with Crippen LogP contribution < -0.4 is 5.32 Å². The SMILES string of the molecule is CCCC(CNc1nc2ccccc2cc1C)C(=O)O. The summed E-state index contributed by atoms with van der Waals surface area (Å²) in [5, 5.41) is 13.4. The van der Waals surface area contributed by atoms with Crippen molar-refractivity contribution in [3.8, 4) is 0 Å². The number of hydrogen-bond donors (Lipinski definition) is 2. The Morgan fingerprint density at radius 3 is 2.85 bits per heavy atom. The summed E-state index contributed by atoms with van der Waals surface area (Å²) in [6.45, 7) is 4.39. The number of nitrogens with one attached hydrogen (secondary N) is 1. The van der Waals surface area contributed by atoms with Gasteiger partial charge in [0.2, 0.25) is 0 Å². The van der Waals surface area contributed by atoms with E-state index in [4.69, 9.17) is 5.11 Å². The van der Waals surface area contributed by atoms with Crippen LogP contribution in [0.25, 0.3) is 10.9 Å². The quantitative estimate of drug-likeness (QED) is 0.845. The van der Waals surface area contributed by atoms with Crippen molar-refractivity contribution >= 4 is 22.7 Å². The van der Waals surface area contributed by atoms with Crippen LogP contribution in [0.4, 0.5) is 5.82 Å². The van der Waals surface area contributed by atoms with E-state index in [1.807, 2.05) is 38.1 Å². The maximum Gasteiger partial charge on any atom is 0.308 e. The molecule has 0 aliphatic rings. The Morgan fingerprint density at radius 1 is 1.40 bits per heavy atom. The van der Waals surface area contributed by atoms with Gasteiger partial charge in [-0.25, -0.2) is 4.98 Å². The van der Waals surface area contributed by atoms with Crippen molar-refractivity contribution in [1.29, 1.82) is 0 Å². The molecule has 1 atom stereocenters. The zero-order chi connectivity index (χ0) is 14.5. The first kappa shape index (κ1) is 14.3. The van der Waals surface area contributed by atoms with Gasteiger partial charge in [0.05, 0.1) is 11.4 Å². The van der Waals surface area contributed by atoms with Gasteiger partial charge in [-0.1, -0.05) is 31.5 Å². The first-order valence-corrected chi connectivity index (χ1v) is 6.95. The second-order valence-electron chi connectivity index (χ2n) is 5.05. The molecule has 2 rings (SSSR count). The number of rotatable bonds is 6. The number of benzene rings is 1. The number of anilines is 1. The summed E-state index contributed by atoms with van der Waals surface area (Å²) in [6.07, 6.45) is 1.54. The Kier molecular flexibility index (Phi) is 4.56. The van der Waals surface area contributed by atoms with Crippen LogP contribution >= 0.6 is 0 Å². The van der Waals surface area contributed by atoms with Crippen molar-refractivity contribution in [2.75, 3.05) is 11.9 Å². The molecular formula is C16H20N2O2. The smallest absolute Gasteiger partial charge is 0.308 e. The first-order valence-electron chi connectivity index (χ1n) is 6.95. The number of aromatic nitrogens is 1. The predicted molar refractivity (Wildman–Crippen MR) is 81.0 cm³/mol. The summed E-state index contributed by atoms with van der Waals surface area (Å²) in [7, 11) is 0. The Balaban J connectivity index is 2.16. The highest BCUT2D eigenvalue weighted by Gasteiger charge is 2.16. The highest BCUT2D eigenvalue weighted by Crippen LogP contribution is 2.20. The topological polar surface area (TPSA) is 62.2 Å². The summed E-state index contributed by atoms with van der Waals surface area (Å²) >= 11 is 0. The van der Waals surface area contributed by atoms with Crippen molar-refractivity contribution in [2.45, 2.75) is 26.7 Å². The van der Waals surface area contributed by atoms with Gasteiger partial charge in [0.25, 0.3) is 0 Å². The van der Waals surface area contributed by atoms with Gasteiger partial charge in [0.1, 0.15) is 5.82 Å². The minimum Gasteiger partial charge on any atom is -0.481 e. The third-order valence-electron chi connectivity index (χ3n) is 3.42. The lowest BCUT2D eigenvalue weighted by atomic mass is 10.0. The fourth-order valence-corrected chi connectivity index (χ4v) is 2.28. The van der Waals surface area contributed by atoms with Gasteiger partial charge < -0.3 is 10.4 Å². The Hall–Kier alpha value is -2.10. The number of carboxylic acids is 1. The van der Waals surface area contributed by atoms with Crippen molar-refractivity contribution in [1.82, 2.24) is 4.98 Å². The Morgan fingerprint density at radius 2 is 2.15 bits per heavy atom. The minimum atomic E-state index is -0.752. The van der Waals surface area contributed by atoms with E-state index in [0.717, 1.165) is 28.7 Å². The third kappa shape index (κ3) is 3.26. The molecule has 0 fully saturated rings. The number of nitrogens with zero attached hydrogens (tertiary/aromatic N) is 1.